The number of hydrogen-bond donors (Lipinski definition) is 1. The molecule has 1 aliphatic carbocycles. The zero-order chi connectivity index (χ0) is 11.5. The normalized spacial score (nSPS) is 17.6. The van der Waals surface area contributed by atoms with E-state index >= 15 is 0 Å². The third kappa shape index (κ3) is 2.43. The van der Waals surface area contributed by atoms with Crippen molar-refractivity contribution in [1.29, 1.82) is 0 Å². The molecule has 0 saturated heterocycles. The van der Waals surface area contributed by atoms with Crippen LogP contribution in [0.15, 0.2) is 6.20 Å². The summed E-state index contributed by atoms with van der Waals surface area (Å²) in [4.78, 5) is 11.0. The second kappa shape index (κ2) is 4.68. The Morgan fingerprint density at radius 1 is 1.50 bits per heavy atom. The van der Waals surface area contributed by atoms with E-state index in [1.807, 2.05) is 0 Å². The van der Waals surface area contributed by atoms with Crippen LogP contribution in [0, 0.1) is 5.92 Å². The van der Waals surface area contributed by atoms with Crippen molar-refractivity contribution in [3.8, 4) is 0 Å². The minimum Gasteiger partial charge on any atom is -0.478 e. The standard InChI is InChI=1S/C12H18N2O2/c1-14-8-10(12(15)16)11(13-14)7-9-5-3-2-4-6-9/h8-9H,2-7H2,1H3,(H,15,16). The lowest BCUT2D eigenvalue weighted by atomic mass is 9.85. The van der Waals surface area contributed by atoms with Crippen molar-refractivity contribution in [3.05, 3.63) is 17.5 Å². The van der Waals surface area contributed by atoms with Crippen LogP contribution >= 0.6 is 0 Å². The molecule has 88 valence electrons. The van der Waals surface area contributed by atoms with E-state index in [9.17, 15) is 4.79 Å². The zero-order valence-corrected chi connectivity index (χ0v) is 9.65. The van der Waals surface area contributed by atoms with E-state index < -0.39 is 5.97 Å². The van der Waals surface area contributed by atoms with Crippen molar-refractivity contribution in [2.45, 2.75) is 38.5 Å². The molecule has 1 aliphatic rings. The molecule has 1 aromatic heterocycles. The van der Waals surface area contributed by atoms with E-state index in [-0.39, 0.29) is 0 Å². The molecule has 0 bridgehead atoms. The van der Waals surface area contributed by atoms with Crippen molar-refractivity contribution >= 4 is 5.97 Å². The van der Waals surface area contributed by atoms with Crippen LogP contribution in [-0.4, -0.2) is 20.9 Å². The van der Waals surface area contributed by atoms with Gasteiger partial charge in [0.2, 0.25) is 0 Å². The number of rotatable bonds is 3. The van der Waals surface area contributed by atoms with Crippen LogP contribution in [0.25, 0.3) is 0 Å². The Kier molecular flexibility index (Phi) is 3.27. The molecule has 1 saturated carbocycles. The maximum absolute atomic E-state index is 11.0. The largest absolute Gasteiger partial charge is 0.478 e. The monoisotopic (exact) mass is 222 g/mol. The van der Waals surface area contributed by atoms with Gasteiger partial charge in [-0.15, -0.1) is 0 Å². The molecule has 4 heteroatoms. The fourth-order valence-corrected chi connectivity index (χ4v) is 2.53. The van der Waals surface area contributed by atoms with Crippen molar-refractivity contribution < 1.29 is 9.90 Å². The molecule has 0 amide bonds. The Balaban J connectivity index is 2.10. The molecule has 1 aromatic rings. The van der Waals surface area contributed by atoms with Crippen LogP contribution in [0.4, 0.5) is 0 Å². The van der Waals surface area contributed by atoms with Crippen molar-refractivity contribution in [2.75, 3.05) is 0 Å². The van der Waals surface area contributed by atoms with E-state index in [1.165, 1.54) is 32.1 Å². The topological polar surface area (TPSA) is 55.1 Å². The molecule has 4 nitrogen and oxygen atoms in total. The number of nitrogens with zero attached hydrogens (tertiary/aromatic N) is 2. The van der Waals surface area contributed by atoms with Gasteiger partial charge in [-0.25, -0.2) is 4.79 Å². The molecule has 1 fully saturated rings. The van der Waals surface area contributed by atoms with Gasteiger partial charge >= 0.3 is 5.97 Å². The van der Waals surface area contributed by atoms with Crippen LogP contribution in [-0.2, 0) is 13.5 Å². The molecule has 0 spiro atoms. The molecule has 1 N–H and O–H groups in total. The first kappa shape index (κ1) is 11.2. The first-order chi connectivity index (χ1) is 7.66. The fraction of sp³-hybridized carbons (Fsp3) is 0.667. The Morgan fingerprint density at radius 3 is 2.81 bits per heavy atom. The number of carbonyl (C=O) groups is 1. The third-order valence-corrected chi connectivity index (χ3v) is 3.34. The highest BCUT2D eigenvalue weighted by Crippen LogP contribution is 2.27. The van der Waals surface area contributed by atoms with Gasteiger partial charge < -0.3 is 5.11 Å². The van der Waals surface area contributed by atoms with Gasteiger partial charge in [-0.3, -0.25) is 4.68 Å². The van der Waals surface area contributed by atoms with E-state index in [0.717, 1.165) is 12.1 Å². The summed E-state index contributed by atoms with van der Waals surface area (Å²) in [6.45, 7) is 0. The van der Waals surface area contributed by atoms with Gasteiger partial charge in [-0.2, -0.15) is 5.10 Å². The second-order valence-corrected chi connectivity index (χ2v) is 4.68. The predicted octanol–water partition coefficient (Wildman–Crippen LogP) is 2.24. The van der Waals surface area contributed by atoms with E-state index in [1.54, 1.807) is 17.9 Å². The summed E-state index contributed by atoms with van der Waals surface area (Å²) in [6.07, 6.45) is 8.73. The molecule has 1 heterocycles. The van der Waals surface area contributed by atoms with Crippen LogP contribution < -0.4 is 0 Å². The first-order valence-corrected chi connectivity index (χ1v) is 5.92. The predicted molar refractivity (Wildman–Crippen MR) is 60.4 cm³/mol. The zero-order valence-electron chi connectivity index (χ0n) is 9.65. The molecule has 0 unspecified atom stereocenters. The highest BCUT2D eigenvalue weighted by molar-refractivity contribution is 5.88. The van der Waals surface area contributed by atoms with Gasteiger partial charge in [0.05, 0.1) is 5.69 Å². The van der Waals surface area contributed by atoms with Gasteiger partial charge in [0.15, 0.2) is 0 Å². The summed E-state index contributed by atoms with van der Waals surface area (Å²) in [5.41, 5.74) is 1.12. The minimum atomic E-state index is -0.862. The summed E-state index contributed by atoms with van der Waals surface area (Å²) in [7, 11) is 1.77. The maximum atomic E-state index is 11.0. The Hall–Kier alpha value is -1.32. The summed E-state index contributed by atoms with van der Waals surface area (Å²) in [5.74, 6) is -0.236. The number of aromatic nitrogens is 2. The number of carboxylic acids is 1. The quantitative estimate of drug-likeness (QED) is 0.853. The average molecular weight is 222 g/mol. The van der Waals surface area contributed by atoms with E-state index in [4.69, 9.17) is 5.11 Å². The Morgan fingerprint density at radius 2 is 2.19 bits per heavy atom. The van der Waals surface area contributed by atoms with E-state index in [0.29, 0.717) is 11.5 Å². The lowest BCUT2D eigenvalue weighted by Gasteiger charge is -2.20. The van der Waals surface area contributed by atoms with Gasteiger partial charge in [-0.1, -0.05) is 32.1 Å². The van der Waals surface area contributed by atoms with Crippen molar-refractivity contribution in [1.82, 2.24) is 9.78 Å². The summed E-state index contributed by atoms with van der Waals surface area (Å²) in [5, 5.41) is 13.3. The van der Waals surface area contributed by atoms with Crippen molar-refractivity contribution in [2.24, 2.45) is 13.0 Å². The Labute approximate surface area is 95.3 Å². The Bertz CT molecular complexity index is 378. The maximum Gasteiger partial charge on any atom is 0.339 e. The highest BCUT2D eigenvalue weighted by atomic mass is 16.4. The van der Waals surface area contributed by atoms with Crippen molar-refractivity contribution in [3.63, 3.8) is 0 Å². The minimum absolute atomic E-state index is 0.369. The molecule has 0 radical (unpaired) electrons. The average Bonchev–Trinajstić information content (AvgIpc) is 2.61. The summed E-state index contributed by atoms with van der Waals surface area (Å²) in [6, 6.07) is 0. The lowest BCUT2D eigenvalue weighted by Crippen LogP contribution is -2.12. The highest BCUT2D eigenvalue weighted by Gasteiger charge is 2.20. The number of hydrogen-bond acceptors (Lipinski definition) is 2. The van der Waals surface area contributed by atoms with Gasteiger partial charge in [0.25, 0.3) is 0 Å². The number of aromatic carboxylic acids is 1. The second-order valence-electron chi connectivity index (χ2n) is 4.68. The van der Waals surface area contributed by atoms with E-state index in [2.05, 4.69) is 5.10 Å². The molecular formula is C12H18N2O2. The SMILES string of the molecule is Cn1cc(C(=O)O)c(CC2CCCCC2)n1. The molecule has 16 heavy (non-hydrogen) atoms. The third-order valence-electron chi connectivity index (χ3n) is 3.34. The van der Waals surface area contributed by atoms with Crippen LogP contribution in [0.5, 0.6) is 0 Å². The molecule has 0 aromatic carbocycles. The fourth-order valence-electron chi connectivity index (χ4n) is 2.53. The molecular weight excluding hydrogens is 204 g/mol. The lowest BCUT2D eigenvalue weighted by molar-refractivity contribution is 0.0695. The smallest absolute Gasteiger partial charge is 0.339 e. The summed E-state index contributed by atoms with van der Waals surface area (Å²) >= 11 is 0. The molecule has 2 rings (SSSR count). The van der Waals surface area contributed by atoms with Gasteiger partial charge in [-0.05, 0) is 12.3 Å². The van der Waals surface area contributed by atoms with Gasteiger partial charge in [0, 0.05) is 13.2 Å². The summed E-state index contributed by atoms with van der Waals surface area (Å²) < 4.78 is 1.60. The number of aryl methyl sites for hydroxylation is 1. The first-order valence-electron chi connectivity index (χ1n) is 5.92. The van der Waals surface area contributed by atoms with Crippen LogP contribution in [0.3, 0.4) is 0 Å². The molecule has 0 atom stereocenters. The van der Waals surface area contributed by atoms with Crippen LogP contribution in [0.2, 0.25) is 0 Å². The van der Waals surface area contributed by atoms with Crippen LogP contribution in [0.1, 0.15) is 48.2 Å². The number of carboxylic acid groups (broad SMARTS) is 1. The molecule has 0 aliphatic heterocycles. The van der Waals surface area contributed by atoms with Gasteiger partial charge in [0.1, 0.15) is 5.56 Å².